The molecule has 3 N–H and O–H groups in total. The third kappa shape index (κ3) is 3.21. The van der Waals surface area contributed by atoms with Crippen molar-refractivity contribution in [1.29, 1.82) is 0 Å². The number of hydrogen-bond acceptors (Lipinski definition) is 4. The molecule has 1 amide bonds. The van der Waals surface area contributed by atoms with E-state index in [1.807, 2.05) is 6.92 Å². The van der Waals surface area contributed by atoms with Gasteiger partial charge in [-0.1, -0.05) is 0 Å². The fourth-order valence-corrected chi connectivity index (χ4v) is 2.22. The summed E-state index contributed by atoms with van der Waals surface area (Å²) < 4.78 is 0. The lowest BCUT2D eigenvalue weighted by molar-refractivity contribution is 0.0318. The summed E-state index contributed by atoms with van der Waals surface area (Å²) in [4.78, 5) is 14.2. The molecular weight excluding hydrogens is 224 g/mol. The molecule has 16 heavy (non-hydrogen) atoms. The Hall–Kier alpha value is -1.07. The van der Waals surface area contributed by atoms with Crippen LogP contribution in [0.5, 0.6) is 0 Å². The Morgan fingerprint density at radius 1 is 1.62 bits per heavy atom. The Kier molecular flexibility index (Phi) is 3.93. The van der Waals surface area contributed by atoms with Crippen LogP contribution in [0.15, 0.2) is 11.4 Å². The molecule has 1 aromatic rings. The van der Waals surface area contributed by atoms with Gasteiger partial charge in [0.25, 0.3) is 5.91 Å². The van der Waals surface area contributed by atoms with Gasteiger partial charge in [-0.3, -0.25) is 4.79 Å². The molecule has 0 spiro atoms. The molecule has 1 aromatic heterocycles. The molecule has 0 bridgehead atoms. The number of nitrogens with two attached hydrogens (primary N) is 1. The lowest BCUT2D eigenvalue weighted by Crippen LogP contribution is -2.42. The van der Waals surface area contributed by atoms with E-state index in [4.69, 9.17) is 5.73 Å². The normalized spacial score (nSPS) is 11.5. The second kappa shape index (κ2) is 4.84. The molecule has 5 heteroatoms. The number of amides is 1. The van der Waals surface area contributed by atoms with E-state index in [2.05, 4.69) is 0 Å². The highest BCUT2D eigenvalue weighted by Crippen LogP contribution is 2.21. The minimum absolute atomic E-state index is 0.114. The largest absolute Gasteiger partial charge is 0.397 e. The van der Waals surface area contributed by atoms with Crippen LogP contribution in [-0.2, 0) is 0 Å². The lowest BCUT2D eigenvalue weighted by Gasteiger charge is -2.27. The molecule has 0 aromatic carbocycles. The average Bonchev–Trinajstić information content (AvgIpc) is 2.58. The predicted molar refractivity (Wildman–Crippen MR) is 66.6 cm³/mol. The Balaban J connectivity index is 2.82. The maximum Gasteiger partial charge on any atom is 0.266 e. The first-order chi connectivity index (χ1) is 7.35. The Morgan fingerprint density at radius 2 is 2.25 bits per heavy atom. The zero-order valence-electron chi connectivity index (χ0n) is 9.86. The number of carbonyl (C=O) groups is 1. The standard InChI is InChI=1S/C11H18N2O2S/c1-4-13(7-11(2,3)15)10(14)9-8(12)5-6-16-9/h5-6,15H,4,7,12H2,1-3H3. The first kappa shape index (κ1) is 13.0. The van der Waals surface area contributed by atoms with Crippen molar-refractivity contribution >= 4 is 22.9 Å². The smallest absolute Gasteiger partial charge is 0.266 e. The van der Waals surface area contributed by atoms with Crippen LogP contribution in [-0.4, -0.2) is 34.6 Å². The van der Waals surface area contributed by atoms with Gasteiger partial charge < -0.3 is 15.7 Å². The first-order valence-corrected chi connectivity index (χ1v) is 6.07. The fourth-order valence-electron chi connectivity index (χ4n) is 1.43. The van der Waals surface area contributed by atoms with Crippen LogP contribution in [0.1, 0.15) is 30.4 Å². The molecule has 0 saturated carbocycles. The van der Waals surface area contributed by atoms with Crippen molar-refractivity contribution in [1.82, 2.24) is 4.90 Å². The zero-order chi connectivity index (χ0) is 12.3. The summed E-state index contributed by atoms with van der Waals surface area (Å²) in [7, 11) is 0. The highest BCUT2D eigenvalue weighted by Gasteiger charge is 2.23. The summed E-state index contributed by atoms with van der Waals surface area (Å²) in [6, 6.07) is 1.72. The van der Waals surface area contributed by atoms with Gasteiger partial charge in [0.1, 0.15) is 4.88 Å². The molecule has 90 valence electrons. The van der Waals surface area contributed by atoms with E-state index in [0.717, 1.165) is 0 Å². The number of aliphatic hydroxyl groups is 1. The Morgan fingerprint density at radius 3 is 2.62 bits per heavy atom. The minimum atomic E-state index is -0.891. The molecule has 1 rings (SSSR count). The molecular formula is C11H18N2O2S. The van der Waals surface area contributed by atoms with Gasteiger partial charge in [-0.05, 0) is 32.2 Å². The number of likely N-dealkylation sites (N-methyl/N-ethyl adjacent to an activating group) is 1. The summed E-state index contributed by atoms with van der Waals surface area (Å²) in [6.07, 6.45) is 0. The second-order valence-corrected chi connectivity index (χ2v) is 5.25. The highest BCUT2D eigenvalue weighted by atomic mass is 32.1. The van der Waals surface area contributed by atoms with Gasteiger partial charge in [-0.2, -0.15) is 0 Å². The van der Waals surface area contributed by atoms with Gasteiger partial charge in [-0.15, -0.1) is 11.3 Å². The van der Waals surface area contributed by atoms with Crippen molar-refractivity contribution in [3.05, 3.63) is 16.3 Å². The number of carbonyl (C=O) groups excluding carboxylic acids is 1. The monoisotopic (exact) mass is 242 g/mol. The predicted octanol–water partition coefficient (Wildman–Crippen LogP) is 1.56. The molecule has 1 heterocycles. The van der Waals surface area contributed by atoms with E-state index in [1.165, 1.54) is 11.3 Å². The van der Waals surface area contributed by atoms with Crippen LogP contribution >= 0.6 is 11.3 Å². The van der Waals surface area contributed by atoms with Gasteiger partial charge in [0, 0.05) is 13.1 Å². The quantitative estimate of drug-likeness (QED) is 0.842. The van der Waals surface area contributed by atoms with Gasteiger partial charge in [0.05, 0.1) is 11.3 Å². The topological polar surface area (TPSA) is 66.6 Å². The average molecular weight is 242 g/mol. The van der Waals surface area contributed by atoms with Crippen molar-refractivity contribution in [3.8, 4) is 0 Å². The summed E-state index contributed by atoms with van der Waals surface area (Å²) in [5, 5.41) is 11.5. The van der Waals surface area contributed by atoms with E-state index in [-0.39, 0.29) is 5.91 Å². The summed E-state index contributed by atoms with van der Waals surface area (Å²) in [6.45, 7) is 6.11. The number of nitrogens with zero attached hydrogens (tertiary/aromatic N) is 1. The van der Waals surface area contributed by atoms with Crippen LogP contribution in [0, 0.1) is 0 Å². The van der Waals surface area contributed by atoms with Crippen LogP contribution < -0.4 is 5.73 Å². The van der Waals surface area contributed by atoms with Gasteiger partial charge in [0.15, 0.2) is 0 Å². The molecule has 4 nitrogen and oxygen atoms in total. The maximum absolute atomic E-state index is 12.1. The van der Waals surface area contributed by atoms with Crippen molar-refractivity contribution in [2.75, 3.05) is 18.8 Å². The zero-order valence-corrected chi connectivity index (χ0v) is 10.7. The lowest BCUT2D eigenvalue weighted by atomic mass is 10.1. The van der Waals surface area contributed by atoms with Crippen LogP contribution in [0.4, 0.5) is 5.69 Å². The van der Waals surface area contributed by atoms with Crippen molar-refractivity contribution < 1.29 is 9.90 Å². The van der Waals surface area contributed by atoms with E-state index < -0.39 is 5.60 Å². The van der Waals surface area contributed by atoms with Crippen molar-refractivity contribution in [3.63, 3.8) is 0 Å². The molecule has 0 radical (unpaired) electrons. The fraction of sp³-hybridized carbons (Fsp3) is 0.545. The van der Waals surface area contributed by atoms with Crippen LogP contribution in [0.3, 0.4) is 0 Å². The van der Waals surface area contributed by atoms with Gasteiger partial charge in [-0.25, -0.2) is 0 Å². The first-order valence-electron chi connectivity index (χ1n) is 5.19. The van der Waals surface area contributed by atoms with Crippen molar-refractivity contribution in [2.24, 2.45) is 0 Å². The van der Waals surface area contributed by atoms with Gasteiger partial charge in [0.2, 0.25) is 0 Å². The highest BCUT2D eigenvalue weighted by molar-refractivity contribution is 7.12. The Bertz CT molecular complexity index is 368. The molecule has 0 saturated heterocycles. The summed E-state index contributed by atoms with van der Waals surface area (Å²) in [5.74, 6) is -0.114. The number of rotatable bonds is 4. The van der Waals surface area contributed by atoms with Crippen molar-refractivity contribution in [2.45, 2.75) is 26.4 Å². The van der Waals surface area contributed by atoms with E-state index in [9.17, 15) is 9.90 Å². The third-order valence-corrected chi connectivity index (χ3v) is 3.05. The molecule has 0 unspecified atom stereocenters. The molecule has 0 atom stereocenters. The second-order valence-electron chi connectivity index (χ2n) is 4.34. The maximum atomic E-state index is 12.1. The molecule has 0 aliphatic heterocycles. The van der Waals surface area contributed by atoms with E-state index in [0.29, 0.717) is 23.7 Å². The SMILES string of the molecule is CCN(CC(C)(C)O)C(=O)c1sccc1N. The molecule has 0 aliphatic rings. The number of thiophene rings is 1. The summed E-state index contributed by atoms with van der Waals surface area (Å²) >= 11 is 1.33. The van der Waals surface area contributed by atoms with Gasteiger partial charge >= 0.3 is 0 Å². The molecule has 0 aliphatic carbocycles. The number of nitrogen functional groups attached to an aromatic ring is 1. The van der Waals surface area contributed by atoms with E-state index in [1.54, 1.807) is 30.2 Å². The number of anilines is 1. The minimum Gasteiger partial charge on any atom is -0.397 e. The summed E-state index contributed by atoms with van der Waals surface area (Å²) in [5.41, 5.74) is 5.31. The van der Waals surface area contributed by atoms with Crippen LogP contribution in [0.2, 0.25) is 0 Å². The molecule has 0 fully saturated rings. The van der Waals surface area contributed by atoms with E-state index >= 15 is 0 Å². The number of hydrogen-bond donors (Lipinski definition) is 2. The third-order valence-electron chi connectivity index (χ3n) is 2.14. The van der Waals surface area contributed by atoms with Crippen LogP contribution in [0.25, 0.3) is 0 Å². The Labute approximate surface area is 99.7 Å².